The number of anilines is 2. The number of pyridine rings is 1. The predicted molar refractivity (Wildman–Crippen MR) is 152 cm³/mol. The zero-order chi connectivity index (χ0) is 28.5. The molecule has 5 rings (SSSR count). The Morgan fingerprint density at radius 1 is 0.875 bits per heavy atom. The number of ether oxygens (including phenoxy) is 1. The SMILES string of the molecule is CC(C)(C)OC(=O)c1ccc(Nc2c(-c3cccc(OS(=O)(=O)F)c3)nc3cc(-c4ccccc4)ccn23)cc1. The van der Waals surface area contributed by atoms with E-state index in [4.69, 9.17) is 9.72 Å². The van der Waals surface area contributed by atoms with Crippen molar-refractivity contribution >= 4 is 33.6 Å². The lowest BCUT2D eigenvalue weighted by molar-refractivity contribution is 0.00695. The average Bonchev–Trinajstić information content (AvgIpc) is 3.25. The highest BCUT2D eigenvalue weighted by Crippen LogP contribution is 2.34. The normalized spacial score (nSPS) is 11.8. The zero-order valence-corrected chi connectivity index (χ0v) is 22.8. The number of rotatable bonds is 7. The molecule has 10 heteroatoms. The van der Waals surface area contributed by atoms with E-state index in [0.717, 1.165) is 11.1 Å². The maximum absolute atomic E-state index is 13.2. The molecule has 5 aromatic rings. The molecule has 204 valence electrons. The van der Waals surface area contributed by atoms with E-state index in [1.165, 1.54) is 12.1 Å². The summed E-state index contributed by atoms with van der Waals surface area (Å²) in [6, 6.07) is 26.6. The van der Waals surface area contributed by atoms with Crippen LogP contribution in [-0.4, -0.2) is 29.4 Å². The maximum Gasteiger partial charge on any atom is 0.488 e. The van der Waals surface area contributed by atoms with Crippen LogP contribution in [0.1, 0.15) is 31.1 Å². The van der Waals surface area contributed by atoms with Gasteiger partial charge in [0.05, 0.1) is 5.56 Å². The van der Waals surface area contributed by atoms with Gasteiger partial charge in [-0.3, -0.25) is 4.40 Å². The second-order valence-corrected chi connectivity index (χ2v) is 11.0. The minimum absolute atomic E-state index is 0.185. The molecule has 0 unspecified atom stereocenters. The molecule has 2 heterocycles. The fourth-order valence-electron chi connectivity index (χ4n) is 4.15. The summed E-state index contributed by atoms with van der Waals surface area (Å²) in [7, 11) is -5.20. The molecule has 0 fully saturated rings. The number of imidazole rings is 1. The van der Waals surface area contributed by atoms with Crippen molar-refractivity contribution in [3.05, 3.63) is 103 Å². The highest BCUT2D eigenvalue weighted by atomic mass is 32.3. The molecule has 0 aliphatic heterocycles. The molecule has 0 bridgehead atoms. The van der Waals surface area contributed by atoms with Crippen molar-refractivity contribution in [2.24, 2.45) is 0 Å². The summed E-state index contributed by atoms with van der Waals surface area (Å²) in [5.41, 5.74) is 4.03. The first kappa shape index (κ1) is 26.9. The second-order valence-electron chi connectivity index (χ2n) is 10.0. The molecule has 40 heavy (non-hydrogen) atoms. The Morgan fingerprint density at radius 2 is 1.57 bits per heavy atom. The molecular weight excluding hydrogens is 533 g/mol. The number of carbonyl (C=O) groups is 1. The number of nitrogens with one attached hydrogen (secondary N) is 1. The van der Waals surface area contributed by atoms with E-state index >= 15 is 0 Å². The highest BCUT2D eigenvalue weighted by molar-refractivity contribution is 7.81. The smallest absolute Gasteiger partial charge is 0.456 e. The van der Waals surface area contributed by atoms with Gasteiger partial charge in [0.2, 0.25) is 0 Å². The average molecular weight is 560 g/mol. The minimum atomic E-state index is -5.20. The Bertz CT molecular complexity index is 1800. The van der Waals surface area contributed by atoms with Crippen LogP contribution in [0.15, 0.2) is 97.2 Å². The van der Waals surface area contributed by atoms with E-state index in [9.17, 15) is 17.1 Å². The van der Waals surface area contributed by atoms with Crippen LogP contribution in [0, 0.1) is 0 Å². The fraction of sp³-hybridized carbons (Fsp3) is 0.133. The second kappa shape index (κ2) is 10.5. The van der Waals surface area contributed by atoms with Crippen LogP contribution in [0.4, 0.5) is 15.4 Å². The number of fused-ring (bicyclic) bond motifs is 1. The summed E-state index contributed by atoms with van der Waals surface area (Å²) in [6.45, 7) is 5.41. The van der Waals surface area contributed by atoms with Gasteiger partial charge in [-0.05, 0) is 80.4 Å². The summed E-state index contributed by atoms with van der Waals surface area (Å²) in [6.07, 6.45) is 1.87. The van der Waals surface area contributed by atoms with E-state index < -0.39 is 22.1 Å². The van der Waals surface area contributed by atoms with Gasteiger partial charge in [0.15, 0.2) is 0 Å². The van der Waals surface area contributed by atoms with Gasteiger partial charge in [-0.25, -0.2) is 9.78 Å². The molecular formula is C30H26FN3O5S. The lowest BCUT2D eigenvalue weighted by Crippen LogP contribution is -2.23. The number of benzene rings is 3. The number of hydrogen-bond donors (Lipinski definition) is 1. The van der Waals surface area contributed by atoms with Gasteiger partial charge in [-0.1, -0.05) is 46.4 Å². The van der Waals surface area contributed by atoms with Gasteiger partial charge < -0.3 is 14.2 Å². The van der Waals surface area contributed by atoms with E-state index in [1.54, 1.807) is 57.2 Å². The Morgan fingerprint density at radius 3 is 2.25 bits per heavy atom. The highest BCUT2D eigenvalue weighted by Gasteiger charge is 2.20. The monoisotopic (exact) mass is 559 g/mol. The number of nitrogens with zero attached hydrogens (tertiary/aromatic N) is 2. The molecule has 0 saturated carbocycles. The van der Waals surface area contributed by atoms with Crippen molar-refractivity contribution in [1.82, 2.24) is 9.38 Å². The predicted octanol–water partition coefficient (Wildman–Crippen LogP) is 6.96. The van der Waals surface area contributed by atoms with Crippen molar-refractivity contribution < 1.29 is 26.0 Å². The molecule has 3 aromatic carbocycles. The van der Waals surface area contributed by atoms with Crippen LogP contribution < -0.4 is 9.50 Å². The summed E-state index contributed by atoms with van der Waals surface area (Å²) in [5, 5.41) is 3.35. The van der Waals surface area contributed by atoms with Gasteiger partial charge in [0, 0.05) is 17.4 Å². The van der Waals surface area contributed by atoms with E-state index in [2.05, 4.69) is 9.50 Å². The lowest BCUT2D eigenvalue weighted by atomic mass is 10.1. The maximum atomic E-state index is 13.2. The minimum Gasteiger partial charge on any atom is -0.456 e. The van der Waals surface area contributed by atoms with Crippen molar-refractivity contribution in [3.8, 4) is 28.1 Å². The van der Waals surface area contributed by atoms with Crippen LogP contribution >= 0.6 is 0 Å². The van der Waals surface area contributed by atoms with E-state index in [0.29, 0.717) is 34.0 Å². The molecule has 0 amide bonds. The Hall–Kier alpha value is -4.70. The third kappa shape index (κ3) is 6.29. The van der Waals surface area contributed by atoms with Crippen molar-refractivity contribution in [1.29, 1.82) is 0 Å². The molecule has 2 aromatic heterocycles. The first-order chi connectivity index (χ1) is 18.9. The van der Waals surface area contributed by atoms with Crippen LogP contribution in [0.25, 0.3) is 28.0 Å². The number of hydrogen-bond acceptors (Lipinski definition) is 7. The van der Waals surface area contributed by atoms with Crippen LogP contribution in [0.5, 0.6) is 5.75 Å². The lowest BCUT2D eigenvalue weighted by Gasteiger charge is -2.19. The van der Waals surface area contributed by atoms with Crippen molar-refractivity contribution in [2.75, 3.05) is 5.32 Å². The largest absolute Gasteiger partial charge is 0.488 e. The Labute approximate surface area is 231 Å². The molecule has 0 spiro atoms. The summed E-state index contributed by atoms with van der Waals surface area (Å²) >= 11 is 0. The molecule has 8 nitrogen and oxygen atoms in total. The van der Waals surface area contributed by atoms with Crippen LogP contribution in [0.3, 0.4) is 0 Å². The van der Waals surface area contributed by atoms with Crippen LogP contribution in [-0.2, 0) is 15.2 Å². The zero-order valence-electron chi connectivity index (χ0n) is 22.0. The molecule has 0 saturated heterocycles. The standard InChI is InChI=1S/C30H26FN3O5S/c1-30(2,3)38-29(35)21-12-14-24(15-13-21)32-28-27(23-10-7-11-25(18-23)39-40(31,36)37)33-26-19-22(16-17-34(26)28)20-8-5-4-6-9-20/h4-19,32H,1-3H3. The Balaban J connectivity index is 1.56. The third-order valence-corrected chi connectivity index (χ3v) is 6.21. The quantitative estimate of drug-likeness (QED) is 0.170. The molecule has 1 N–H and O–H groups in total. The third-order valence-electron chi connectivity index (χ3n) is 5.82. The number of halogens is 1. The van der Waals surface area contributed by atoms with Crippen molar-refractivity contribution in [3.63, 3.8) is 0 Å². The van der Waals surface area contributed by atoms with E-state index in [1.807, 2.05) is 53.1 Å². The topological polar surface area (TPSA) is 99.0 Å². The first-order valence-corrected chi connectivity index (χ1v) is 13.7. The molecule has 0 atom stereocenters. The van der Waals surface area contributed by atoms with Gasteiger partial charge in [-0.15, -0.1) is 0 Å². The first-order valence-electron chi connectivity index (χ1n) is 12.4. The Kier molecular flexibility index (Phi) is 7.03. The van der Waals surface area contributed by atoms with Crippen molar-refractivity contribution in [2.45, 2.75) is 26.4 Å². The molecule has 0 radical (unpaired) electrons. The fourth-order valence-corrected chi connectivity index (χ4v) is 4.48. The summed E-state index contributed by atoms with van der Waals surface area (Å²) in [5.74, 6) is -0.0443. The summed E-state index contributed by atoms with van der Waals surface area (Å²) in [4.78, 5) is 17.3. The van der Waals surface area contributed by atoms with E-state index in [-0.39, 0.29) is 5.75 Å². The van der Waals surface area contributed by atoms with Gasteiger partial charge >= 0.3 is 16.5 Å². The number of carbonyl (C=O) groups excluding carboxylic acids is 1. The summed E-state index contributed by atoms with van der Waals surface area (Å²) < 4.78 is 47.1. The van der Waals surface area contributed by atoms with Gasteiger partial charge in [-0.2, -0.15) is 8.42 Å². The number of aromatic nitrogens is 2. The molecule has 0 aliphatic rings. The van der Waals surface area contributed by atoms with Gasteiger partial charge in [0.25, 0.3) is 0 Å². The molecule has 0 aliphatic carbocycles. The van der Waals surface area contributed by atoms with Crippen LogP contribution in [0.2, 0.25) is 0 Å². The van der Waals surface area contributed by atoms with Gasteiger partial charge in [0.1, 0.15) is 28.5 Å². The number of esters is 1.